The van der Waals surface area contributed by atoms with Gasteiger partial charge < -0.3 is 17.2 Å². The minimum absolute atomic E-state index is 0. The number of halogens is 4. The van der Waals surface area contributed by atoms with Crippen LogP contribution in [0.15, 0.2) is 9.98 Å². The predicted molar refractivity (Wildman–Crippen MR) is 66.5 cm³/mol. The van der Waals surface area contributed by atoms with Crippen LogP contribution < -0.4 is 17.2 Å². The average Bonchev–Trinajstić information content (AvgIpc) is 2.15. The first-order chi connectivity index (χ1) is 7.79. The zero-order valence-corrected chi connectivity index (χ0v) is 10.5. The van der Waals surface area contributed by atoms with Crippen LogP contribution in [0.25, 0.3) is 0 Å². The van der Waals surface area contributed by atoms with E-state index in [-0.39, 0.29) is 43.2 Å². The lowest BCUT2D eigenvalue weighted by Crippen LogP contribution is -2.30. The Hall–Kier alpha value is -1.18. The third-order valence-corrected chi connectivity index (χ3v) is 2.72. The number of nitrogens with zero attached hydrogens (tertiary/aromatic N) is 2. The van der Waals surface area contributed by atoms with Crippen LogP contribution in [0.5, 0.6) is 0 Å². The second kappa shape index (κ2) is 6.67. The highest BCUT2D eigenvalue weighted by atomic mass is 35.5. The highest BCUT2D eigenvalue weighted by molar-refractivity contribution is 5.92. The molecule has 18 heavy (non-hydrogen) atoms. The molecule has 5 nitrogen and oxygen atoms in total. The fraction of sp³-hybridized carbons (Fsp3) is 0.778. The SMILES string of the molecule is Cl.NC(N)=NC(N)=NC1CCC(C(F)(F)F)CC1. The van der Waals surface area contributed by atoms with Crippen LogP contribution in [0.1, 0.15) is 25.7 Å². The van der Waals surface area contributed by atoms with Crippen molar-refractivity contribution in [2.75, 3.05) is 0 Å². The summed E-state index contributed by atoms with van der Waals surface area (Å²) in [6, 6.07) is -0.225. The summed E-state index contributed by atoms with van der Waals surface area (Å²) in [7, 11) is 0. The lowest BCUT2D eigenvalue weighted by atomic mass is 9.86. The molecular formula is C9H17ClF3N5. The van der Waals surface area contributed by atoms with Crippen LogP contribution in [0.3, 0.4) is 0 Å². The molecule has 1 saturated carbocycles. The summed E-state index contributed by atoms with van der Waals surface area (Å²) in [5.74, 6) is -1.52. The molecule has 0 spiro atoms. The molecule has 9 heteroatoms. The standard InChI is InChI=1S/C9H16F3N5.ClH/c10-9(11,12)5-1-3-6(4-2-5)16-8(15)17-7(13)14;/h5-6H,1-4H2,(H6,13,14,15,16,17);1H. The number of hydrogen-bond acceptors (Lipinski definition) is 1. The monoisotopic (exact) mass is 287 g/mol. The molecule has 6 N–H and O–H groups in total. The van der Waals surface area contributed by atoms with Gasteiger partial charge in [0.05, 0.1) is 12.0 Å². The van der Waals surface area contributed by atoms with Crippen LogP contribution in [0.2, 0.25) is 0 Å². The van der Waals surface area contributed by atoms with Crippen molar-refractivity contribution in [3.63, 3.8) is 0 Å². The maximum Gasteiger partial charge on any atom is 0.391 e. The molecule has 0 unspecified atom stereocenters. The molecule has 0 amide bonds. The molecule has 0 aromatic heterocycles. The molecule has 0 aromatic rings. The molecule has 0 radical (unpaired) electrons. The summed E-state index contributed by atoms with van der Waals surface area (Å²) in [5, 5.41) is 0. The second-order valence-electron chi connectivity index (χ2n) is 4.07. The molecule has 1 aliphatic rings. The lowest BCUT2D eigenvalue weighted by molar-refractivity contribution is -0.182. The highest BCUT2D eigenvalue weighted by Crippen LogP contribution is 2.38. The minimum atomic E-state index is -4.11. The number of aliphatic imine (C=N–C) groups is 2. The van der Waals surface area contributed by atoms with Gasteiger partial charge >= 0.3 is 6.18 Å². The van der Waals surface area contributed by atoms with Gasteiger partial charge in [-0.15, -0.1) is 12.4 Å². The second-order valence-corrected chi connectivity index (χ2v) is 4.07. The average molecular weight is 288 g/mol. The molecule has 0 atom stereocenters. The van der Waals surface area contributed by atoms with Gasteiger partial charge in [0.25, 0.3) is 0 Å². The van der Waals surface area contributed by atoms with Crippen LogP contribution >= 0.6 is 12.4 Å². The van der Waals surface area contributed by atoms with E-state index in [2.05, 4.69) is 9.98 Å². The molecule has 0 aliphatic heterocycles. The number of rotatable bonds is 1. The van der Waals surface area contributed by atoms with Crippen molar-refractivity contribution in [3.05, 3.63) is 0 Å². The maximum atomic E-state index is 12.4. The van der Waals surface area contributed by atoms with Gasteiger partial charge in [-0.05, 0) is 25.7 Å². The topological polar surface area (TPSA) is 103 Å². The van der Waals surface area contributed by atoms with E-state index in [4.69, 9.17) is 17.2 Å². The van der Waals surface area contributed by atoms with Crippen LogP contribution in [-0.2, 0) is 0 Å². The normalized spacial score (nSPS) is 25.2. The van der Waals surface area contributed by atoms with Crippen LogP contribution in [-0.4, -0.2) is 24.1 Å². The van der Waals surface area contributed by atoms with Gasteiger partial charge in [-0.2, -0.15) is 18.2 Å². The Morgan fingerprint density at radius 1 is 1.00 bits per heavy atom. The minimum Gasteiger partial charge on any atom is -0.370 e. The van der Waals surface area contributed by atoms with Gasteiger partial charge in [0.1, 0.15) is 0 Å². The Morgan fingerprint density at radius 2 is 1.50 bits per heavy atom. The maximum absolute atomic E-state index is 12.4. The molecule has 106 valence electrons. The zero-order chi connectivity index (χ0) is 13.1. The van der Waals surface area contributed by atoms with Gasteiger partial charge in [0.2, 0.25) is 5.96 Å². The molecule has 1 rings (SSSR count). The van der Waals surface area contributed by atoms with E-state index in [1.54, 1.807) is 0 Å². The summed E-state index contributed by atoms with van der Waals surface area (Å²) >= 11 is 0. The largest absolute Gasteiger partial charge is 0.391 e. The highest BCUT2D eigenvalue weighted by Gasteiger charge is 2.41. The summed E-state index contributed by atoms with van der Waals surface area (Å²) < 4.78 is 37.2. The van der Waals surface area contributed by atoms with Gasteiger partial charge in [-0.1, -0.05) is 0 Å². The first-order valence-electron chi connectivity index (χ1n) is 5.28. The van der Waals surface area contributed by atoms with Crippen LogP contribution in [0.4, 0.5) is 13.2 Å². The van der Waals surface area contributed by atoms with Crippen molar-refractivity contribution in [1.29, 1.82) is 0 Å². The molecule has 1 aliphatic carbocycles. The third-order valence-electron chi connectivity index (χ3n) is 2.72. The van der Waals surface area contributed by atoms with E-state index in [1.165, 1.54) is 0 Å². The Morgan fingerprint density at radius 3 is 1.89 bits per heavy atom. The fourth-order valence-electron chi connectivity index (χ4n) is 1.88. The fourth-order valence-corrected chi connectivity index (χ4v) is 1.88. The Labute approximate surface area is 109 Å². The molecule has 1 fully saturated rings. The number of guanidine groups is 2. The van der Waals surface area contributed by atoms with E-state index in [0.29, 0.717) is 12.8 Å². The first-order valence-corrected chi connectivity index (χ1v) is 5.28. The lowest BCUT2D eigenvalue weighted by Gasteiger charge is -2.27. The predicted octanol–water partition coefficient (Wildman–Crippen LogP) is 1.12. The summed E-state index contributed by atoms with van der Waals surface area (Å²) in [6.45, 7) is 0. The summed E-state index contributed by atoms with van der Waals surface area (Å²) in [6.07, 6.45) is -3.25. The smallest absolute Gasteiger partial charge is 0.370 e. The third kappa shape index (κ3) is 5.44. The molecule has 0 saturated heterocycles. The molecule has 0 bridgehead atoms. The van der Waals surface area contributed by atoms with Crippen molar-refractivity contribution < 1.29 is 13.2 Å². The van der Waals surface area contributed by atoms with Gasteiger partial charge in [0, 0.05) is 0 Å². The molecular weight excluding hydrogens is 271 g/mol. The van der Waals surface area contributed by atoms with Crippen molar-refractivity contribution in [3.8, 4) is 0 Å². The van der Waals surface area contributed by atoms with Crippen molar-refractivity contribution >= 4 is 24.3 Å². The van der Waals surface area contributed by atoms with Gasteiger partial charge in [-0.3, -0.25) is 0 Å². The summed E-state index contributed by atoms with van der Waals surface area (Å²) in [5.41, 5.74) is 15.6. The van der Waals surface area contributed by atoms with E-state index >= 15 is 0 Å². The number of alkyl halides is 3. The van der Waals surface area contributed by atoms with Crippen molar-refractivity contribution in [2.24, 2.45) is 33.1 Å². The van der Waals surface area contributed by atoms with E-state index in [9.17, 15) is 13.2 Å². The first kappa shape index (κ1) is 16.8. The van der Waals surface area contributed by atoms with Crippen LogP contribution in [0, 0.1) is 5.92 Å². The van der Waals surface area contributed by atoms with E-state index < -0.39 is 12.1 Å². The van der Waals surface area contributed by atoms with Gasteiger partial charge in [-0.25, -0.2) is 4.99 Å². The zero-order valence-electron chi connectivity index (χ0n) is 9.65. The van der Waals surface area contributed by atoms with Crippen molar-refractivity contribution in [1.82, 2.24) is 0 Å². The quantitative estimate of drug-likeness (QED) is 0.497. The Balaban J connectivity index is 0.00000289. The number of hydrogen-bond donors (Lipinski definition) is 3. The van der Waals surface area contributed by atoms with E-state index in [1.807, 2.05) is 0 Å². The van der Waals surface area contributed by atoms with Crippen molar-refractivity contribution in [2.45, 2.75) is 37.9 Å². The Bertz CT molecular complexity index is 317. The van der Waals surface area contributed by atoms with Gasteiger partial charge in [0.15, 0.2) is 5.96 Å². The van der Waals surface area contributed by atoms with E-state index in [0.717, 1.165) is 0 Å². The molecule has 0 heterocycles. The Kier molecular flexibility index (Phi) is 6.23. The molecule has 0 aromatic carbocycles. The number of nitrogens with two attached hydrogens (primary N) is 3. The summed E-state index contributed by atoms with van der Waals surface area (Å²) in [4.78, 5) is 7.49.